The highest BCUT2D eigenvalue weighted by Gasteiger charge is 2.21. The van der Waals surface area contributed by atoms with Crippen molar-refractivity contribution in [2.75, 3.05) is 31.4 Å². The second-order valence-corrected chi connectivity index (χ2v) is 5.23. The van der Waals surface area contributed by atoms with Crippen molar-refractivity contribution in [3.05, 3.63) is 6.20 Å². The molecule has 0 spiro atoms. The van der Waals surface area contributed by atoms with Crippen LogP contribution in [0.5, 0.6) is 0 Å². The number of hydrazine groups is 1. The van der Waals surface area contributed by atoms with Crippen LogP contribution in [0.2, 0.25) is 0 Å². The minimum atomic E-state index is -0.00266. The SMILES string of the molecule is CN(C)C(C)(C)CNc1nc(NN)nc2[nH]ncc12. The molecule has 0 aliphatic carbocycles. The first-order chi connectivity index (χ1) is 8.94. The molecular formula is C11H20N8. The number of aromatic nitrogens is 4. The van der Waals surface area contributed by atoms with Crippen molar-refractivity contribution in [3.8, 4) is 0 Å². The van der Waals surface area contributed by atoms with Gasteiger partial charge < -0.3 is 10.2 Å². The summed E-state index contributed by atoms with van der Waals surface area (Å²) in [6.45, 7) is 5.03. The van der Waals surface area contributed by atoms with Gasteiger partial charge in [0.1, 0.15) is 5.82 Å². The van der Waals surface area contributed by atoms with Crippen molar-refractivity contribution in [1.29, 1.82) is 0 Å². The molecule has 2 heterocycles. The summed E-state index contributed by atoms with van der Waals surface area (Å²) in [5, 5.41) is 10.9. The summed E-state index contributed by atoms with van der Waals surface area (Å²) in [6.07, 6.45) is 1.70. The quantitative estimate of drug-likeness (QED) is 0.457. The molecule has 2 aromatic rings. The number of H-pyrrole nitrogens is 1. The van der Waals surface area contributed by atoms with E-state index in [0.717, 1.165) is 11.9 Å². The smallest absolute Gasteiger partial charge is 0.241 e. The molecule has 2 rings (SSSR count). The average molecular weight is 264 g/mol. The fraction of sp³-hybridized carbons (Fsp3) is 0.545. The zero-order chi connectivity index (χ0) is 14.0. The highest BCUT2D eigenvalue weighted by atomic mass is 15.3. The lowest BCUT2D eigenvalue weighted by Crippen LogP contribution is -2.44. The van der Waals surface area contributed by atoms with Crippen LogP contribution in [-0.4, -0.2) is 51.2 Å². The second-order valence-electron chi connectivity index (χ2n) is 5.23. The van der Waals surface area contributed by atoms with E-state index in [1.165, 1.54) is 0 Å². The molecule has 19 heavy (non-hydrogen) atoms. The van der Waals surface area contributed by atoms with E-state index in [2.05, 4.69) is 49.7 Å². The Bertz CT molecular complexity index is 559. The minimum absolute atomic E-state index is 0.00266. The predicted molar refractivity (Wildman–Crippen MR) is 75.7 cm³/mol. The number of nitrogens with one attached hydrogen (secondary N) is 3. The molecule has 0 aromatic carbocycles. The highest BCUT2D eigenvalue weighted by molar-refractivity contribution is 5.86. The Balaban J connectivity index is 2.27. The van der Waals surface area contributed by atoms with Gasteiger partial charge in [-0.05, 0) is 27.9 Å². The van der Waals surface area contributed by atoms with Gasteiger partial charge >= 0.3 is 0 Å². The van der Waals surface area contributed by atoms with Crippen LogP contribution in [0.15, 0.2) is 6.20 Å². The standard InChI is InChI=1S/C11H20N8/c1-11(2,19(3)4)6-13-8-7-5-14-18-9(7)16-10(15-8)17-12/h5H,6,12H2,1-4H3,(H3,13,14,15,16,17,18). The van der Waals surface area contributed by atoms with Crippen molar-refractivity contribution in [2.45, 2.75) is 19.4 Å². The number of anilines is 2. The van der Waals surface area contributed by atoms with Crippen LogP contribution in [0.3, 0.4) is 0 Å². The fourth-order valence-electron chi connectivity index (χ4n) is 1.49. The number of aromatic amines is 1. The molecular weight excluding hydrogens is 244 g/mol. The Labute approximate surface area is 111 Å². The third-order valence-electron chi connectivity index (χ3n) is 3.34. The van der Waals surface area contributed by atoms with E-state index in [0.29, 0.717) is 17.4 Å². The molecule has 0 atom stereocenters. The molecule has 0 unspecified atom stereocenters. The molecule has 5 N–H and O–H groups in total. The summed E-state index contributed by atoms with van der Waals surface area (Å²) >= 11 is 0. The van der Waals surface area contributed by atoms with Gasteiger partial charge in [-0.3, -0.25) is 10.5 Å². The Morgan fingerprint density at radius 1 is 1.37 bits per heavy atom. The molecule has 2 aromatic heterocycles. The third-order valence-corrected chi connectivity index (χ3v) is 3.34. The lowest BCUT2D eigenvalue weighted by molar-refractivity contribution is 0.210. The molecule has 0 radical (unpaired) electrons. The molecule has 8 heteroatoms. The van der Waals surface area contributed by atoms with Gasteiger partial charge in [0.05, 0.1) is 11.6 Å². The maximum absolute atomic E-state index is 5.36. The van der Waals surface area contributed by atoms with Gasteiger partial charge in [0.2, 0.25) is 5.95 Å². The number of nitrogen functional groups attached to an aromatic ring is 1. The van der Waals surface area contributed by atoms with E-state index in [9.17, 15) is 0 Å². The summed E-state index contributed by atoms with van der Waals surface area (Å²) in [6, 6.07) is 0. The van der Waals surface area contributed by atoms with Crippen molar-refractivity contribution >= 4 is 22.8 Å². The van der Waals surface area contributed by atoms with Crippen molar-refractivity contribution < 1.29 is 0 Å². The fourth-order valence-corrected chi connectivity index (χ4v) is 1.49. The van der Waals surface area contributed by atoms with Crippen LogP contribution in [0.25, 0.3) is 11.0 Å². The van der Waals surface area contributed by atoms with E-state index >= 15 is 0 Å². The number of likely N-dealkylation sites (N-methyl/N-ethyl adjacent to an activating group) is 1. The van der Waals surface area contributed by atoms with Crippen LogP contribution in [-0.2, 0) is 0 Å². The van der Waals surface area contributed by atoms with Gasteiger partial charge in [0.15, 0.2) is 5.65 Å². The van der Waals surface area contributed by atoms with Crippen LogP contribution in [0.4, 0.5) is 11.8 Å². The average Bonchev–Trinajstić information content (AvgIpc) is 2.83. The van der Waals surface area contributed by atoms with E-state index in [4.69, 9.17) is 5.84 Å². The van der Waals surface area contributed by atoms with Crippen molar-refractivity contribution in [3.63, 3.8) is 0 Å². The lowest BCUT2D eigenvalue weighted by atomic mass is 10.0. The summed E-state index contributed by atoms with van der Waals surface area (Å²) in [5.41, 5.74) is 3.09. The second kappa shape index (κ2) is 4.98. The summed E-state index contributed by atoms with van der Waals surface area (Å²) in [7, 11) is 4.09. The molecule has 0 bridgehead atoms. The maximum Gasteiger partial charge on any atom is 0.241 e. The predicted octanol–water partition coefficient (Wildman–Crippen LogP) is 0.391. The first kappa shape index (κ1) is 13.5. The molecule has 0 aliphatic heterocycles. The largest absolute Gasteiger partial charge is 0.367 e. The monoisotopic (exact) mass is 264 g/mol. The number of nitrogens with zero attached hydrogens (tertiary/aromatic N) is 4. The molecule has 104 valence electrons. The Morgan fingerprint density at radius 2 is 2.11 bits per heavy atom. The number of nitrogens with two attached hydrogens (primary N) is 1. The molecule has 0 saturated carbocycles. The maximum atomic E-state index is 5.36. The Hall–Kier alpha value is -1.93. The van der Waals surface area contributed by atoms with E-state index in [1.807, 2.05) is 14.1 Å². The molecule has 8 nitrogen and oxygen atoms in total. The number of rotatable bonds is 5. The van der Waals surface area contributed by atoms with Crippen molar-refractivity contribution in [1.82, 2.24) is 25.1 Å². The summed E-state index contributed by atoms with van der Waals surface area (Å²) in [4.78, 5) is 10.6. The first-order valence-electron chi connectivity index (χ1n) is 6.03. The zero-order valence-electron chi connectivity index (χ0n) is 11.7. The van der Waals surface area contributed by atoms with Crippen LogP contribution in [0, 0.1) is 0 Å². The number of fused-ring (bicyclic) bond motifs is 1. The van der Waals surface area contributed by atoms with E-state index in [-0.39, 0.29) is 5.54 Å². The van der Waals surface area contributed by atoms with Gasteiger partial charge in [0, 0.05) is 12.1 Å². The Morgan fingerprint density at radius 3 is 2.74 bits per heavy atom. The van der Waals surface area contributed by atoms with Crippen molar-refractivity contribution in [2.24, 2.45) is 5.84 Å². The zero-order valence-corrected chi connectivity index (χ0v) is 11.7. The molecule has 0 saturated heterocycles. The van der Waals surface area contributed by atoms with E-state index in [1.54, 1.807) is 6.20 Å². The van der Waals surface area contributed by atoms with E-state index < -0.39 is 0 Å². The minimum Gasteiger partial charge on any atom is -0.367 e. The van der Waals surface area contributed by atoms with Crippen LogP contribution < -0.4 is 16.6 Å². The normalized spacial score (nSPS) is 12.1. The Kier molecular flexibility index (Phi) is 3.54. The number of hydrogen-bond donors (Lipinski definition) is 4. The molecule has 0 fully saturated rings. The molecule has 0 aliphatic rings. The van der Waals surface area contributed by atoms with Gasteiger partial charge in [-0.15, -0.1) is 0 Å². The van der Waals surface area contributed by atoms with Gasteiger partial charge in [-0.1, -0.05) is 0 Å². The van der Waals surface area contributed by atoms with Crippen LogP contribution >= 0.6 is 0 Å². The van der Waals surface area contributed by atoms with Gasteiger partial charge in [-0.25, -0.2) is 5.84 Å². The lowest BCUT2D eigenvalue weighted by Gasteiger charge is -2.32. The third kappa shape index (κ3) is 2.74. The van der Waals surface area contributed by atoms with Gasteiger partial charge in [-0.2, -0.15) is 15.1 Å². The van der Waals surface area contributed by atoms with Crippen LogP contribution in [0.1, 0.15) is 13.8 Å². The summed E-state index contributed by atoms with van der Waals surface area (Å²) in [5.74, 6) is 6.42. The summed E-state index contributed by atoms with van der Waals surface area (Å²) < 4.78 is 0. The topological polar surface area (TPSA) is 108 Å². The highest BCUT2D eigenvalue weighted by Crippen LogP contribution is 2.21. The molecule has 0 amide bonds. The number of hydrogen-bond acceptors (Lipinski definition) is 7. The first-order valence-corrected chi connectivity index (χ1v) is 6.03. The van der Waals surface area contributed by atoms with Gasteiger partial charge in [0.25, 0.3) is 0 Å².